The smallest absolute Gasteiger partial charge is 0.254 e. The summed E-state index contributed by atoms with van der Waals surface area (Å²) in [4.78, 5) is 22.5. The minimum absolute atomic E-state index is 0.117. The van der Waals surface area contributed by atoms with Gasteiger partial charge in [-0.1, -0.05) is 0 Å². The average Bonchev–Trinajstić information content (AvgIpc) is 2.96. The van der Waals surface area contributed by atoms with E-state index in [4.69, 9.17) is 15.2 Å². The van der Waals surface area contributed by atoms with Crippen molar-refractivity contribution in [3.63, 3.8) is 0 Å². The van der Waals surface area contributed by atoms with Crippen LogP contribution in [0.15, 0.2) is 24.4 Å². The zero-order valence-corrected chi connectivity index (χ0v) is 12.4. The number of hydrogen-bond acceptors (Lipinski definition) is 6. The van der Waals surface area contributed by atoms with Crippen molar-refractivity contribution in [3.05, 3.63) is 41.2 Å². The number of methoxy groups -OCH3 is 2. The van der Waals surface area contributed by atoms with Gasteiger partial charge in [0.05, 0.1) is 26.5 Å². The highest BCUT2D eigenvalue weighted by molar-refractivity contribution is 5.95. The van der Waals surface area contributed by atoms with Crippen LogP contribution in [-0.2, 0) is 13.1 Å². The van der Waals surface area contributed by atoms with Crippen LogP contribution in [0.3, 0.4) is 0 Å². The Hall–Kier alpha value is -2.83. The third-order valence-corrected chi connectivity index (χ3v) is 3.56. The molecule has 0 atom stereocenters. The third-order valence-electron chi connectivity index (χ3n) is 3.56. The number of carbonyl (C=O) groups excluding carboxylic acids is 1. The zero-order valence-electron chi connectivity index (χ0n) is 12.4. The van der Waals surface area contributed by atoms with Crippen LogP contribution in [-0.4, -0.2) is 35.0 Å². The van der Waals surface area contributed by atoms with Crippen LogP contribution < -0.4 is 15.2 Å². The monoisotopic (exact) mass is 300 g/mol. The number of benzene rings is 1. The van der Waals surface area contributed by atoms with E-state index in [1.165, 1.54) is 0 Å². The number of anilines is 1. The van der Waals surface area contributed by atoms with Gasteiger partial charge in [0.15, 0.2) is 0 Å². The normalized spacial score (nSPS) is 12.9. The van der Waals surface area contributed by atoms with Crippen molar-refractivity contribution in [2.24, 2.45) is 0 Å². The Labute approximate surface area is 127 Å². The Morgan fingerprint density at radius 2 is 1.86 bits per heavy atom. The maximum absolute atomic E-state index is 12.7. The molecule has 7 heteroatoms. The fourth-order valence-corrected chi connectivity index (χ4v) is 2.43. The number of fused-ring (bicyclic) bond motifs is 1. The van der Waals surface area contributed by atoms with Crippen LogP contribution in [0.1, 0.15) is 21.6 Å². The zero-order chi connectivity index (χ0) is 15.7. The number of nitrogen functional groups attached to an aromatic ring is 1. The molecule has 1 aromatic heterocycles. The summed E-state index contributed by atoms with van der Waals surface area (Å²) in [6.07, 6.45) is 1.66. The molecule has 1 aromatic carbocycles. The molecule has 0 radical (unpaired) electrons. The summed E-state index contributed by atoms with van der Waals surface area (Å²) in [7, 11) is 3.10. The summed E-state index contributed by atoms with van der Waals surface area (Å²) in [5, 5.41) is 0. The second-order valence-electron chi connectivity index (χ2n) is 4.96. The lowest BCUT2D eigenvalue weighted by Gasteiger charge is -2.16. The van der Waals surface area contributed by atoms with E-state index in [2.05, 4.69) is 9.97 Å². The molecule has 0 bridgehead atoms. The fraction of sp³-hybridized carbons (Fsp3) is 0.267. The van der Waals surface area contributed by atoms with Gasteiger partial charge in [0.1, 0.15) is 11.5 Å². The number of nitrogens with two attached hydrogens (primary N) is 1. The summed E-state index contributed by atoms with van der Waals surface area (Å²) in [5.41, 5.74) is 7.79. The van der Waals surface area contributed by atoms with Gasteiger partial charge in [-0.15, -0.1) is 0 Å². The highest BCUT2D eigenvalue weighted by Crippen LogP contribution is 2.27. The Bertz CT molecular complexity index is 710. The van der Waals surface area contributed by atoms with Gasteiger partial charge in [0.2, 0.25) is 5.95 Å². The van der Waals surface area contributed by atoms with Crippen molar-refractivity contribution < 1.29 is 14.3 Å². The molecule has 2 aromatic rings. The minimum atomic E-state index is -0.117. The second kappa shape index (κ2) is 5.51. The van der Waals surface area contributed by atoms with Crippen molar-refractivity contribution >= 4 is 11.9 Å². The van der Waals surface area contributed by atoms with Gasteiger partial charge in [0, 0.05) is 29.9 Å². The molecule has 0 spiro atoms. The first-order chi connectivity index (χ1) is 10.6. The van der Waals surface area contributed by atoms with Crippen molar-refractivity contribution in [3.8, 4) is 11.5 Å². The Morgan fingerprint density at radius 1 is 1.18 bits per heavy atom. The van der Waals surface area contributed by atoms with Crippen LogP contribution in [0.2, 0.25) is 0 Å². The molecule has 1 amide bonds. The SMILES string of the molecule is COc1cc(OC)cc(C(=O)N2Cc3cnc(N)nc3C2)c1. The van der Waals surface area contributed by atoms with Crippen LogP contribution >= 0.6 is 0 Å². The first-order valence-electron chi connectivity index (χ1n) is 6.73. The maximum atomic E-state index is 12.7. The number of aromatic nitrogens is 2. The van der Waals surface area contributed by atoms with E-state index in [1.54, 1.807) is 43.5 Å². The minimum Gasteiger partial charge on any atom is -0.497 e. The predicted molar refractivity (Wildman–Crippen MR) is 79.6 cm³/mol. The van der Waals surface area contributed by atoms with Crippen molar-refractivity contribution in [1.82, 2.24) is 14.9 Å². The quantitative estimate of drug-likeness (QED) is 0.917. The lowest BCUT2D eigenvalue weighted by atomic mass is 10.1. The topological polar surface area (TPSA) is 90.6 Å². The molecule has 0 aliphatic carbocycles. The molecular weight excluding hydrogens is 284 g/mol. The fourth-order valence-electron chi connectivity index (χ4n) is 2.43. The van der Waals surface area contributed by atoms with Gasteiger partial charge in [0.25, 0.3) is 5.91 Å². The summed E-state index contributed by atoms with van der Waals surface area (Å²) >= 11 is 0. The summed E-state index contributed by atoms with van der Waals surface area (Å²) in [6.45, 7) is 0.883. The Kier molecular flexibility index (Phi) is 3.54. The molecule has 1 aliphatic heterocycles. The van der Waals surface area contributed by atoms with Gasteiger partial charge < -0.3 is 20.1 Å². The number of rotatable bonds is 3. The molecular formula is C15H16N4O3. The largest absolute Gasteiger partial charge is 0.497 e. The number of hydrogen-bond donors (Lipinski definition) is 1. The molecule has 0 saturated carbocycles. The van der Waals surface area contributed by atoms with Crippen molar-refractivity contribution in [2.45, 2.75) is 13.1 Å². The van der Waals surface area contributed by atoms with Gasteiger partial charge in [-0.25, -0.2) is 9.97 Å². The molecule has 0 fully saturated rings. The van der Waals surface area contributed by atoms with Crippen LogP contribution in [0, 0.1) is 0 Å². The van der Waals surface area contributed by atoms with E-state index in [0.29, 0.717) is 30.2 Å². The lowest BCUT2D eigenvalue weighted by Crippen LogP contribution is -2.25. The molecule has 2 N–H and O–H groups in total. The molecule has 0 saturated heterocycles. The summed E-state index contributed by atoms with van der Waals surface area (Å²) < 4.78 is 10.4. The molecule has 22 heavy (non-hydrogen) atoms. The molecule has 2 heterocycles. The predicted octanol–water partition coefficient (Wildman–Crippen LogP) is 1.23. The van der Waals surface area contributed by atoms with Crippen molar-refractivity contribution in [2.75, 3.05) is 20.0 Å². The lowest BCUT2D eigenvalue weighted by molar-refractivity contribution is 0.0749. The summed E-state index contributed by atoms with van der Waals surface area (Å²) in [6, 6.07) is 5.10. The van der Waals surface area contributed by atoms with Crippen LogP contribution in [0.4, 0.5) is 5.95 Å². The number of nitrogens with zero attached hydrogens (tertiary/aromatic N) is 3. The highest BCUT2D eigenvalue weighted by Gasteiger charge is 2.26. The van der Waals surface area contributed by atoms with Gasteiger partial charge in [-0.2, -0.15) is 0 Å². The maximum Gasteiger partial charge on any atom is 0.254 e. The van der Waals surface area contributed by atoms with Gasteiger partial charge >= 0.3 is 0 Å². The second-order valence-corrected chi connectivity index (χ2v) is 4.96. The van der Waals surface area contributed by atoms with Gasteiger partial charge in [-0.05, 0) is 12.1 Å². The van der Waals surface area contributed by atoms with E-state index in [0.717, 1.165) is 11.3 Å². The Morgan fingerprint density at radius 3 is 2.50 bits per heavy atom. The average molecular weight is 300 g/mol. The first kappa shape index (κ1) is 14.1. The van der Waals surface area contributed by atoms with Crippen LogP contribution in [0.25, 0.3) is 0 Å². The van der Waals surface area contributed by atoms with Gasteiger partial charge in [-0.3, -0.25) is 4.79 Å². The van der Waals surface area contributed by atoms with E-state index in [1.807, 2.05) is 0 Å². The van der Waals surface area contributed by atoms with E-state index in [9.17, 15) is 4.79 Å². The first-order valence-corrected chi connectivity index (χ1v) is 6.73. The van der Waals surface area contributed by atoms with E-state index in [-0.39, 0.29) is 11.9 Å². The molecule has 114 valence electrons. The summed E-state index contributed by atoms with van der Waals surface area (Å²) in [5.74, 6) is 1.25. The highest BCUT2D eigenvalue weighted by atomic mass is 16.5. The van der Waals surface area contributed by atoms with E-state index >= 15 is 0 Å². The number of amides is 1. The Balaban J connectivity index is 1.87. The number of carbonyl (C=O) groups is 1. The molecule has 3 rings (SSSR count). The molecule has 7 nitrogen and oxygen atoms in total. The third kappa shape index (κ3) is 2.52. The van der Waals surface area contributed by atoms with E-state index < -0.39 is 0 Å². The number of ether oxygens (including phenoxy) is 2. The van der Waals surface area contributed by atoms with Crippen LogP contribution in [0.5, 0.6) is 11.5 Å². The molecule has 0 unspecified atom stereocenters. The molecule has 1 aliphatic rings. The standard InChI is InChI=1S/C15H16N4O3/c1-21-11-3-9(4-12(5-11)22-2)14(20)19-7-10-6-17-15(16)18-13(10)8-19/h3-6H,7-8H2,1-2H3,(H2,16,17,18). The van der Waals surface area contributed by atoms with Crippen molar-refractivity contribution in [1.29, 1.82) is 0 Å².